The van der Waals surface area contributed by atoms with Gasteiger partial charge in [0.2, 0.25) is 0 Å². The van der Waals surface area contributed by atoms with E-state index in [9.17, 15) is 0 Å². The van der Waals surface area contributed by atoms with E-state index in [0.717, 1.165) is 0 Å². The summed E-state index contributed by atoms with van der Waals surface area (Å²) in [7, 11) is 0. The third-order valence-corrected chi connectivity index (χ3v) is 3.84. The Morgan fingerprint density at radius 1 is 0.833 bits per heavy atom. The summed E-state index contributed by atoms with van der Waals surface area (Å²) >= 11 is 9.82. The Morgan fingerprint density at radius 3 is 1.42 bits per heavy atom. The molecule has 1 rings (SSSR count). The number of hydrogen-bond donors (Lipinski definition) is 4. The van der Waals surface area contributed by atoms with Crippen molar-refractivity contribution in [3.05, 3.63) is 34.4 Å². The number of nitrogens with two attached hydrogens (primary N) is 2. The maximum absolute atomic E-state index is 5.56. The molecule has 6 N–H and O–H groups in total. The molecule has 4 nitrogen and oxygen atoms in total. The van der Waals surface area contributed by atoms with E-state index in [1.54, 1.807) is 0 Å². The van der Waals surface area contributed by atoms with Gasteiger partial charge in [-0.2, -0.15) is 0 Å². The van der Waals surface area contributed by atoms with Gasteiger partial charge in [-0.15, -0.1) is 34.0 Å². The van der Waals surface area contributed by atoms with Crippen molar-refractivity contribution < 1.29 is 0 Å². The fraction of sp³-hybridized carbons (Fsp3) is 0.500. The summed E-state index contributed by atoms with van der Waals surface area (Å²) in [6.07, 6.45) is 0. The molecule has 0 amide bonds. The third kappa shape index (κ3) is 8.09. The van der Waals surface area contributed by atoms with Crippen LogP contribution in [0.25, 0.3) is 0 Å². The van der Waals surface area contributed by atoms with Gasteiger partial charge < -0.3 is 22.1 Å². The van der Waals surface area contributed by atoms with Crippen LogP contribution in [-0.2, 0) is 13.1 Å². The highest BCUT2D eigenvalue weighted by atomic mass is 79.9. The van der Waals surface area contributed by atoms with Crippen LogP contribution in [-0.4, -0.2) is 10.2 Å². The molecule has 0 saturated carbocycles. The predicted molar refractivity (Wildman–Crippen MR) is 123 cm³/mol. The van der Waals surface area contributed by atoms with E-state index in [1.807, 2.05) is 0 Å². The zero-order valence-corrected chi connectivity index (χ0v) is 19.6. The Hall–Kier alpha value is -0.440. The summed E-state index contributed by atoms with van der Waals surface area (Å²) in [5.41, 5.74) is 16.1. The first kappa shape index (κ1) is 25.8. The van der Waals surface area contributed by atoms with Gasteiger partial charge in [-0.05, 0) is 58.5 Å². The number of hydrogen-bond acceptors (Lipinski definition) is 2. The predicted octanol–water partition coefficient (Wildman–Crippen LogP) is 3.76. The summed E-state index contributed by atoms with van der Waals surface area (Å²) in [5, 5.41) is 6.69. The zero-order chi connectivity index (χ0) is 16.9. The molecule has 8 heteroatoms. The second-order valence-corrected chi connectivity index (χ2v) is 6.87. The van der Waals surface area contributed by atoms with Crippen LogP contribution in [0.2, 0.25) is 0 Å². The molecule has 0 saturated heterocycles. The Bertz CT molecular complexity index is 518. The molecule has 0 aliphatic carbocycles. The van der Waals surface area contributed by atoms with E-state index >= 15 is 0 Å². The van der Waals surface area contributed by atoms with Gasteiger partial charge in [0.15, 0.2) is 10.2 Å². The monoisotopic (exact) mass is 498 g/mol. The standard InChI is InChI=1S/C16H26N4S2.2BrH/c1-9(2)13-6-14(10(3)4)12(8-20-16(18)22)5-11(13)7-19-15(17)21;;/h5-6,9-10H,7-8H2,1-4H3,(H3,17,19,21)(H3,18,20,22);2*1H. The number of benzene rings is 1. The van der Waals surface area contributed by atoms with Crippen LogP contribution in [0, 0.1) is 0 Å². The van der Waals surface area contributed by atoms with E-state index in [1.165, 1.54) is 22.3 Å². The lowest BCUT2D eigenvalue weighted by molar-refractivity contribution is 0.776. The van der Waals surface area contributed by atoms with E-state index in [2.05, 4.69) is 50.5 Å². The summed E-state index contributed by atoms with van der Waals surface area (Å²) in [6.45, 7) is 10.0. The normalized spacial score (nSPS) is 9.92. The first-order valence-corrected chi connectivity index (χ1v) is 8.26. The Kier molecular flexibility index (Phi) is 12.9. The molecule has 0 atom stereocenters. The molecule has 24 heavy (non-hydrogen) atoms. The number of rotatable bonds is 6. The summed E-state index contributed by atoms with van der Waals surface area (Å²) in [6, 6.07) is 4.48. The van der Waals surface area contributed by atoms with Gasteiger partial charge in [-0.3, -0.25) is 0 Å². The van der Waals surface area contributed by atoms with E-state index in [4.69, 9.17) is 35.9 Å². The van der Waals surface area contributed by atoms with Gasteiger partial charge in [0.25, 0.3) is 0 Å². The van der Waals surface area contributed by atoms with Crippen LogP contribution in [0.1, 0.15) is 61.8 Å². The van der Waals surface area contributed by atoms with Crippen molar-refractivity contribution in [2.24, 2.45) is 11.5 Å². The number of thiocarbonyl (C=S) groups is 2. The minimum Gasteiger partial charge on any atom is -0.376 e. The van der Waals surface area contributed by atoms with Gasteiger partial charge in [-0.1, -0.05) is 39.8 Å². The van der Waals surface area contributed by atoms with Crippen LogP contribution < -0.4 is 22.1 Å². The topological polar surface area (TPSA) is 76.1 Å². The van der Waals surface area contributed by atoms with Gasteiger partial charge in [0.05, 0.1) is 0 Å². The second kappa shape index (κ2) is 12.0. The molecule has 0 fully saturated rings. The van der Waals surface area contributed by atoms with Crippen molar-refractivity contribution in [1.29, 1.82) is 0 Å². The zero-order valence-electron chi connectivity index (χ0n) is 14.5. The number of nitrogens with one attached hydrogen (secondary N) is 2. The minimum atomic E-state index is 0. The Labute approximate surface area is 177 Å². The highest BCUT2D eigenvalue weighted by Crippen LogP contribution is 2.28. The lowest BCUT2D eigenvalue weighted by atomic mass is 9.87. The smallest absolute Gasteiger partial charge is 0.163 e. The summed E-state index contributed by atoms with van der Waals surface area (Å²) in [5.74, 6) is 0.858. The van der Waals surface area contributed by atoms with E-state index < -0.39 is 0 Å². The van der Waals surface area contributed by atoms with Crippen molar-refractivity contribution in [3.63, 3.8) is 0 Å². The molecular formula is C16H28Br2N4S2. The SMILES string of the molecule is Br.Br.CC(C)c1cc(C(C)C)c(CNC(N)=S)cc1CNC(N)=S. The van der Waals surface area contributed by atoms with Crippen LogP contribution in [0.4, 0.5) is 0 Å². The van der Waals surface area contributed by atoms with Gasteiger partial charge in [0, 0.05) is 13.1 Å². The molecule has 0 bridgehead atoms. The fourth-order valence-electron chi connectivity index (χ4n) is 2.48. The quantitative estimate of drug-likeness (QED) is 0.446. The van der Waals surface area contributed by atoms with Crippen LogP contribution in [0.15, 0.2) is 12.1 Å². The van der Waals surface area contributed by atoms with Gasteiger partial charge >= 0.3 is 0 Å². The maximum atomic E-state index is 5.56. The first-order chi connectivity index (χ1) is 10.2. The average molecular weight is 500 g/mol. The largest absolute Gasteiger partial charge is 0.376 e. The molecule has 138 valence electrons. The molecule has 0 aliphatic heterocycles. The molecule has 1 aromatic rings. The van der Waals surface area contributed by atoms with E-state index in [0.29, 0.717) is 35.2 Å². The lowest BCUT2D eigenvalue weighted by Gasteiger charge is -2.21. The van der Waals surface area contributed by atoms with Crippen molar-refractivity contribution in [3.8, 4) is 0 Å². The third-order valence-electron chi connectivity index (χ3n) is 3.55. The fourth-order valence-corrected chi connectivity index (χ4v) is 2.62. The van der Waals surface area contributed by atoms with E-state index in [-0.39, 0.29) is 34.0 Å². The molecule has 0 heterocycles. The molecule has 0 aliphatic rings. The molecule has 1 aromatic carbocycles. The highest BCUT2D eigenvalue weighted by Gasteiger charge is 2.14. The number of halogens is 2. The first-order valence-electron chi connectivity index (χ1n) is 7.44. The molecule has 0 spiro atoms. The Morgan fingerprint density at radius 2 is 1.17 bits per heavy atom. The molecule has 0 radical (unpaired) electrons. The maximum Gasteiger partial charge on any atom is 0.163 e. The van der Waals surface area contributed by atoms with Crippen molar-refractivity contribution in [2.75, 3.05) is 0 Å². The second-order valence-electron chi connectivity index (χ2n) is 5.99. The molecule has 0 aromatic heterocycles. The Balaban J connectivity index is 0. The van der Waals surface area contributed by atoms with Crippen molar-refractivity contribution >= 4 is 68.6 Å². The highest BCUT2D eigenvalue weighted by molar-refractivity contribution is 8.93. The van der Waals surface area contributed by atoms with Crippen LogP contribution in [0.5, 0.6) is 0 Å². The molecule has 0 unspecified atom stereocenters. The van der Waals surface area contributed by atoms with Crippen molar-refractivity contribution in [2.45, 2.75) is 52.6 Å². The summed E-state index contributed by atoms with van der Waals surface area (Å²) < 4.78 is 0. The summed E-state index contributed by atoms with van der Waals surface area (Å²) in [4.78, 5) is 0. The van der Waals surface area contributed by atoms with Gasteiger partial charge in [-0.25, -0.2) is 0 Å². The van der Waals surface area contributed by atoms with Crippen molar-refractivity contribution in [1.82, 2.24) is 10.6 Å². The van der Waals surface area contributed by atoms with Gasteiger partial charge in [0.1, 0.15) is 0 Å². The lowest BCUT2D eigenvalue weighted by Crippen LogP contribution is -2.30. The van der Waals surface area contributed by atoms with Crippen LogP contribution >= 0.6 is 58.4 Å². The minimum absolute atomic E-state index is 0. The van der Waals surface area contributed by atoms with Crippen LogP contribution in [0.3, 0.4) is 0 Å². The average Bonchev–Trinajstić information content (AvgIpc) is 2.41. The molecular weight excluding hydrogens is 472 g/mol.